The number of alkyl halides is 2. The van der Waals surface area contributed by atoms with Gasteiger partial charge in [0.15, 0.2) is 5.79 Å². The van der Waals surface area contributed by atoms with Crippen LogP contribution >= 0.6 is 0 Å². The largest absolute Gasteiger partial charge is 0.465 e. The van der Waals surface area contributed by atoms with Crippen molar-refractivity contribution in [2.45, 2.75) is 94.6 Å². The Bertz CT molecular complexity index is 739. The maximum atomic E-state index is 13.4. The Labute approximate surface area is 174 Å². The highest BCUT2D eigenvalue weighted by atomic mass is 32.2. The molecule has 2 unspecified atom stereocenters. The molecular formula is C18H28F2O9S. The van der Waals surface area contributed by atoms with Gasteiger partial charge in [0.2, 0.25) is 0 Å². The fourth-order valence-electron chi connectivity index (χ4n) is 3.50. The van der Waals surface area contributed by atoms with Crippen LogP contribution in [0.3, 0.4) is 0 Å². The molecule has 0 amide bonds. The molecule has 0 aromatic carbocycles. The highest BCUT2D eigenvalue weighted by Gasteiger charge is 2.54. The summed E-state index contributed by atoms with van der Waals surface area (Å²) in [5.74, 6) is -3.94. The third kappa shape index (κ3) is 6.56. The van der Waals surface area contributed by atoms with Crippen molar-refractivity contribution in [1.29, 1.82) is 0 Å². The van der Waals surface area contributed by atoms with Crippen LogP contribution in [0.15, 0.2) is 0 Å². The van der Waals surface area contributed by atoms with Crippen LogP contribution in [0, 0.1) is 0 Å². The molecule has 0 aromatic rings. The van der Waals surface area contributed by atoms with Gasteiger partial charge in [-0.25, -0.2) is 4.79 Å². The minimum absolute atomic E-state index is 0.0473. The summed E-state index contributed by atoms with van der Waals surface area (Å²) in [7, 11) is -5.96. The Hall–Kier alpha value is -1.37. The zero-order valence-corrected chi connectivity index (χ0v) is 18.0. The molecule has 1 saturated heterocycles. The predicted octanol–water partition coefficient (Wildman–Crippen LogP) is 2.58. The first-order chi connectivity index (χ1) is 13.6. The summed E-state index contributed by atoms with van der Waals surface area (Å²) in [5.41, 5.74) is -0.693. The van der Waals surface area contributed by atoms with Gasteiger partial charge in [0.05, 0.1) is 18.6 Å². The lowest BCUT2D eigenvalue weighted by atomic mass is 9.91. The molecule has 1 saturated carbocycles. The molecule has 30 heavy (non-hydrogen) atoms. The van der Waals surface area contributed by atoms with Crippen molar-refractivity contribution in [2.75, 3.05) is 6.61 Å². The lowest BCUT2D eigenvalue weighted by Crippen LogP contribution is -2.52. The van der Waals surface area contributed by atoms with Gasteiger partial charge in [-0.1, -0.05) is 6.42 Å². The van der Waals surface area contributed by atoms with Crippen LogP contribution in [-0.4, -0.2) is 60.4 Å². The van der Waals surface area contributed by atoms with Crippen LogP contribution in [-0.2, 0) is 38.7 Å². The van der Waals surface area contributed by atoms with Gasteiger partial charge in [-0.05, 0) is 33.6 Å². The lowest BCUT2D eigenvalue weighted by Gasteiger charge is -2.46. The number of esters is 2. The van der Waals surface area contributed by atoms with Crippen molar-refractivity contribution in [3.63, 3.8) is 0 Å². The summed E-state index contributed by atoms with van der Waals surface area (Å²) in [6, 6.07) is 0. The summed E-state index contributed by atoms with van der Waals surface area (Å²) in [4.78, 5) is 23.7. The van der Waals surface area contributed by atoms with E-state index in [0.29, 0.717) is 12.8 Å². The molecule has 0 radical (unpaired) electrons. The van der Waals surface area contributed by atoms with Crippen molar-refractivity contribution in [1.82, 2.24) is 0 Å². The minimum atomic E-state index is -5.96. The van der Waals surface area contributed by atoms with Crippen LogP contribution in [0.5, 0.6) is 0 Å². The van der Waals surface area contributed by atoms with Gasteiger partial charge in [-0.2, -0.15) is 17.2 Å². The van der Waals surface area contributed by atoms with Crippen molar-refractivity contribution in [2.24, 2.45) is 0 Å². The number of carbonyl (C=O) groups is 2. The molecule has 1 aliphatic heterocycles. The van der Waals surface area contributed by atoms with E-state index in [1.165, 1.54) is 0 Å². The SMILES string of the molecule is CC(C)(C)OC(=O)CC1CC(COC(=O)C(F)(F)S(=O)(=O)O)OC2(CCCCC2)O1. The summed E-state index contributed by atoms with van der Waals surface area (Å²) < 4.78 is 78.2. The molecule has 1 heterocycles. The van der Waals surface area contributed by atoms with Gasteiger partial charge in [0.1, 0.15) is 12.2 Å². The van der Waals surface area contributed by atoms with Gasteiger partial charge in [0.25, 0.3) is 0 Å². The Morgan fingerprint density at radius 2 is 1.67 bits per heavy atom. The molecule has 9 nitrogen and oxygen atoms in total. The number of hydrogen-bond donors (Lipinski definition) is 1. The standard InChI is InChI=1S/C18H28F2O9S/c1-16(2,3)29-14(21)10-12-9-13(28-17(27-12)7-5-4-6-8-17)11-26-15(22)18(19,20)30(23,24)25/h12-13H,4-11H2,1-3H3,(H,23,24,25). The lowest BCUT2D eigenvalue weighted by molar-refractivity contribution is -0.333. The third-order valence-corrected chi connectivity index (χ3v) is 5.49. The maximum Gasteiger partial charge on any atom is 0.465 e. The van der Waals surface area contributed by atoms with E-state index >= 15 is 0 Å². The summed E-state index contributed by atoms with van der Waals surface area (Å²) >= 11 is 0. The molecule has 1 spiro atoms. The summed E-state index contributed by atoms with van der Waals surface area (Å²) in [5, 5.41) is -5.09. The molecule has 2 rings (SSSR count). The average Bonchev–Trinajstić information content (AvgIpc) is 2.57. The zero-order chi connectivity index (χ0) is 22.8. The van der Waals surface area contributed by atoms with Crippen molar-refractivity contribution in [3.05, 3.63) is 0 Å². The molecule has 2 atom stereocenters. The smallest absolute Gasteiger partial charge is 0.460 e. The van der Waals surface area contributed by atoms with E-state index in [0.717, 1.165) is 19.3 Å². The number of ether oxygens (including phenoxy) is 4. The van der Waals surface area contributed by atoms with E-state index in [9.17, 15) is 26.8 Å². The monoisotopic (exact) mass is 458 g/mol. The predicted molar refractivity (Wildman–Crippen MR) is 98.1 cm³/mol. The van der Waals surface area contributed by atoms with Gasteiger partial charge < -0.3 is 18.9 Å². The first kappa shape index (κ1) is 24.9. The molecule has 1 aliphatic carbocycles. The van der Waals surface area contributed by atoms with Crippen LogP contribution in [0.2, 0.25) is 0 Å². The third-order valence-electron chi connectivity index (χ3n) is 4.68. The molecule has 2 fully saturated rings. The maximum absolute atomic E-state index is 13.4. The summed E-state index contributed by atoms with van der Waals surface area (Å²) in [6.07, 6.45) is 1.99. The van der Waals surface area contributed by atoms with E-state index in [-0.39, 0.29) is 12.8 Å². The van der Waals surface area contributed by atoms with Gasteiger partial charge in [-0.3, -0.25) is 9.35 Å². The number of carbonyl (C=O) groups excluding carboxylic acids is 2. The van der Waals surface area contributed by atoms with Crippen LogP contribution in [0.4, 0.5) is 8.78 Å². The second kappa shape index (κ2) is 9.01. The summed E-state index contributed by atoms with van der Waals surface area (Å²) in [6.45, 7) is 4.47. The average molecular weight is 458 g/mol. The number of halogens is 2. The molecule has 2 aliphatic rings. The van der Waals surface area contributed by atoms with Crippen molar-refractivity contribution in [3.8, 4) is 0 Å². The van der Waals surface area contributed by atoms with Crippen molar-refractivity contribution >= 4 is 22.1 Å². The number of hydrogen-bond acceptors (Lipinski definition) is 8. The first-order valence-electron chi connectivity index (χ1n) is 9.73. The van der Waals surface area contributed by atoms with E-state index in [1.807, 2.05) is 0 Å². The Morgan fingerprint density at radius 1 is 1.10 bits per heavy atom. The highest BCUT2D eigenvalue weighted by molar-refractivity contribution is 7.87. The minimum Gasteiger partial charge on any atom is -0.460 e. The molecule has 12 heteroatoms. The molecule has 1 N–H and O–H groups in total. The van der Waals surface area contributed by atoms with E-state index in [4.69, 9.17) is 18.8 Å². The highest BCUT2D eigenvalue weighted by Crippen LogP contribution is 2.40. The molecule has 174 valence electrons. The normalized spacial score (nSPS) is 25.0. The van der Waals surface area contributed by atoms with Crippen LogP contribution in [0.25, 0.3) is 0 Å². The van der Waals surface area contributed by atoms with Crippen molar-refractivity contribution < 1.29 is 50.3 Å². The second-order valence-electron chi connectivity index (χ2n) is 8.57. The van der Waals surface area contributed by atoms with E-state index < -0.39 is 57.5 Å². The molecular weight excluding hydrogens is 430 g/mol. The Morgan fingerprint density at radius 3 is 2.20 bits per heavy atom. The Balaban J connectivity index is 2.06. The van der Waals surface area contributed by atoms with Crippen LogP contribution in [0.1, 0.15) is 65.7 Å². The Kier molecular flexibility index (Phi) is 7.48. The fourth-order valence-corrected chi connectivity index (χ4v) is 3.77. The van der Waals surface area contributed by atoms with E-state index in [2.05, 4.69) is 4.74 Å². The second-order valence-corrected chi connectivity index (χ2v) is 10.0. The molecule has 0 aromatic heterocycles. The van der Waals surface area contributed by atoms with E-state index in [1.54, 1.807) is 20.8 Å². The first-order valence-corrected chi connectivity index (χ1v) is 11.2. The van der Waals surface area contributed by atoms with Crippen LogP contribution < -0.4 is 0 Å². The molecule has 0 bridgehead atoms. The quantitative estimate of drug-likeness (QED) is 0.472. The fraction of sp³-hybridized carbons (Fsp3) is 0.889. The van der Waals surface area contributed by atoms with Gasteiger partial charge in [0, 0.05) is 19.3 Å². The number of rotatable bonds is 6. The zero-order valence-electron chi connectivity index (χ0n) is 17.2. The van der Waals surface area contributed by atoms with Gasteiger partial charge in [-0.15, -0.1) is 0 Å². The van der Waals surface area contributed by atoms with Gasteiger partial charge >= 0.3 is 27.3 Å². The topological polar surface area (TPSA) is 125 Å².